The Morgan fingerprint density at radius 3 is 2.78 bits per heavy atom. The first-order valence-corrected chi connectivity index (χ1v) is 7.23. The monoisotopic (exact) mass is 266 g/mol. The first-order valence-electron chi connectivity index (χ1n) is 5.34. The number of nitrogens with one attached hydrogen (secondary N) is 1. The zero-order chi connectivity index (χ0) is 13.2. The van der Waals surface area contributed by atoms with Gasteiger partial charge in [-0.3, -0.25) is 4.68 Å². The smallest absolute Gasteiger partial charge is 0.179 e. The third kappa shape index (κ3) is 2.86. The van der Waals surface area contributed by atoms with E-state index >= 15 is 0 Å². The quantitative estimate of drug-likeness (QED) is 0.887. The summed E-state index contributed by atoms with van der Waals surface area (Å²) in [5.74, 6) is 0.352. The van der Waals surface area contributed by atoms with Gasteiger partial charge in [-0.25, -0.2) is 13.4 Å². The fourth-order valence-electron chi connectivity index (χ4n) is 1.55. The summed E-state index contributed by atoms with van der Waals surface area (Å²) in [6.45, 7) is 0.431. The molecule has 0 bridgehead atoms. The molecule has 2 aromatic rings. The summed E-state index contributed by atoms with van der Waals surface area (Å²) >= 11 is 0. The van der Waals surface area contributed by atoms with E-state index in [-0.39, 0.29) is 4.90 Å². The van der Waals surface area contributed by atoms with Crippen LogP contribution in [0.3, 0.4) is 0 Å². The number of hydrogen-bond acceptors (Lipinski definition) is 5. The number of nitrogens with zero attached hydrogens (tertiary/aromatic N) is 3. The number of sulfone groups is 1. The van der Waals surface area contributed by atoms with Gasteiger partial charge in [-0.05, 0) is 18.2 Å². The van der Waals surface area contributed by atoms with E-state index in [1.54, 1.807) is 16.9 Å². The van der Waals surface area contributed by atoms with E-state index < -0.39 is 9.84 Å². The van der Waals surface area contributed by atoms with Crippen LogP contribution in [0.1, 0.15) is 5.69 Å². The molecule has 7 heteroatoms. The highest BCUT2D eigenvalue weighted by molar-refractivity contribution is 7.90. The molecule has 2 heterocycles. The van der Waals surface area contributed by atoms with Crippen LogP contribution in [0.5, 0.6) is 0 Å². The van der Waals surface area contributed by atoms with Crippen LogP contribution in [0.2, 0.25) is 0 Å². The second-order valence-electron chi connectivity index (χ2n) is 3.96. The summed E-state index contributed by atoms with van der Waals surface area (Å²) in [6.07, 6.45) is 4.54. The largest absolute Gasteiger partial charge is 0.363 e. The van der Waals surface area contributed by atoms with Crippen molar-refractivity contribution in [2.75, 3.05) is 11.6 Å². The molecule has 2 aromatic heterocycles. The normalized spacial score (nSPS) is 11.4. The fourth-order valence-corrected chi connectivity index (χ4v) is 2.36. The Labute approximate surface area is 106 Å². The summed E-state index contributed by atoms with van der Waals surface area (Å²) in [6, 6.07) is 4.99. The summed E-state index contributed by atoms with van der Waals surface area (Å²) < 4.78 is 24.8. The van der Waals surface area contributed by atoms with E-state index in [0.717, 1.165) is 11.9 Å². The van der Waals surface area contributed by atoms with Crippen molar-refractivity contribution in [1.82, 2.24) is 14.8 Å². The third-order valence-electron chi connectivity index (χ3n) is 2.38. The Morgan fingerprint density at radius 1 is 1.39 bits per heavy atom. The number of aryl methyl sites for hydroxylation is 1. The predicted octanol–water partition coefficient (Wildman–Crippen LogP) is 0.831. The highest BCUT2D eigenvalue weighted by Gasteiger charge is 2.13. The van der Waals surface area contributed by atoms with Gasteiger partial charge in [0.2, 0.25) is 0 Å². The van der Waals surface area contributed by atoms with Gasteiger partial charge in [-0.2, -0.15) is 5.10 Å². The van der Waals surface area contributed by atoms with Gasteiger partial charge in [-0.1, -0.05) is 0 Å². The highest BCUT2D eigenvalue weighted by atomic mass is 32.2. The van der Waals surface area contributed by atoms with Crippen LogP contribution in [0.25, 0.3) is 0 Å². The highest BCUT2D eigenvalue weighted by Crippen LogP contribution is 2.18. The van der Waals surface area contributed by atoms with Gasteiger partial charge in [0.15, 0.2) is 9.84 Å². The Morgan fingerprint density at radius 2 is 2.17 bits per heavy atom. The molecule has 2 rings (SSSR count). The third-order valence-corrected chi connectivity index (χ3v) is 3.50. The first-order chi connectivity index (χ1) is 8.47. The van der Waals surface area contributed by atoms with Gasteiger partial charge in [0, 0.05) is 25.7 Å². The van der Waals surface area contributed by atoms with Gasteiger partial charge in [0.25, 0.3) is 0 Å². The Balaban J connectivity index is 2.20. The molecule has 0 saturated heterocycles. The Kier molecular flexibility index (Phi) is 3.33. The molecule has 0 fully saturated rings. The minimum atomic E-state index is -3.28. The number of pyridine rings is 1. The number of hydrogen-bond donors (Lipinski definition) is 1. The topological polar surface area (TPSA) is 76.9 Å². The zero-order valence-electron chi connectivity index (χ0n) is 10.2. The van der Waals surface area contributed by atoms with Crippen LogP contribution in [0.15, 0.2) is 35.5 Å². The summed E-state index contributed by atoms with van der Waals surface area (Å²) in [4.78, 5) is 4.24. The minimum absolute atomic E-state index is 0.195. The molecule has 0 atom stereocenters. The lowest BCUT2D eigenvalue weighted by molar-refractivity contribution is 0.601. The summed E-state index contributed by atoms with van der Waals surface area (Å²) in [5.41, 5.74) is 0.822. The molecular formula is C11H14N4O2S. The molecule has 0 unspecified atom stereocenters. The van der Waals surface area contributed by atoms with Crippen molar-refractivity contribution >= 4 is 15.7 Å². The lowest BCUT2D eigenvalue weighted by Crippen LogP contribution is -2.08. The number of anilines is 1. The number of aromatic nitrogens is 3. The van der Waals surface area contributed by atoms with Gasteiger partial charge in [-0.15, -0.1) is 0 Å². The molecule has 6 nitrogen and oxygen atoms in total. The van der Waals surface area contributed by atoms with Gasteiger partial charge >= 0.3 is 0 Å². The van der Waals surface area contributed by atoms with Crippen molar-refractivity contribution in [3.63, 3.8) is 0 Å². The Hall–Kier alpha value is -1.89. The molecular weight excluding hydrogens is 252 g/mol. The first kappa shape index (κ1) is 12.6. The van der Waals surface area contributed by atoms with E-state index in [4.69, 9.17) is 0 Å². The molecule has 0 aliphatic carbocycles. The molecule has 0 spiro atoms. The van der Waals surface area contributed by atoms with E-state index in [1.807, 2.05) is 19.3 Å². The standard InChI is InChI=1S/C11H14N4O2S/c1-15-7-5-9(14-15)8-13-11-10(18(2,16)17)4-3-6-12-11/h3-7H,8H2,1-2H3,(H,12,13). The molecule has 0 aliphatic heterocycles. The van der Waals surface area contributed by atoms with Gasteiger partial charge in [0.1, 0.15) is 10.7 Å². The van der Waals surface area contributed by atoms with Gasteiger partial charge < -0.3 is 5.32 Å². The van der Waals surface area contributed by atoms with Crippen LogP contribution in [-0.2, 0) is 23.4 Å². The maximum atomic E-state index is 11.6. The van der Waals surface area contributed by atoms with Crippen molar-refractivity contribution in [3.05, 3.63) is 36.3 Å². The summed E-state index contributed by atoms with van der Waals surface area (Å²) in [7, 11) is -1.46. The second-order valence-corrected chi connectivity index (χ2v) is 5.94. The minimum Gasteiger partial charge on any atom is -0.363 e. The van der Waals surface area contributed by atoms with Crippen molar-refractivity contribution in [1.29, 1.82) is 0 Å². The maximum Gasteiger partial charge on any atom is 0.179 e. The molecule has 96 valence electrons. The van der Waals surface area contributed by atoms with Crippen LogP contribution in [0, 0.1) is 0 Å². The maximum absolute atomic E-state index is 11.6. The predicted molar refractivity (Wildman–Crippen MR) is 67.9 cm³/mol. The van der Waals surface area contributed by atoms with Crippen LogP contribution >= 0.6 is 0 Å². The van der Waals surface area contributed by atoms with Gasteiger partial charge in [0.05, 0.1) is 12.2 Å². The average Bonchev–Trinajstić information content (AvgIpc) is 2.72. The molecule has 0 amide bonds. The lowest BCUT2D eigenvalue weighted by atomic mass is 10.4. The SMILES string of the molecule is Cn1ccc(CNc2ncccc2S(C)(=O)=O)n1. The molecule has 0 aliphatic rings. The van der Waals surface area contributed by atoms with E-state index in [1.165, 1.54) is 6.07 Å². The van der Waals surface area contributed by atoms with Crippen molar-refractivity contribution in [3.8, 4) is 0 Å². The summed E-state index contributed by atoms with van der Waals surface area (Å²) in [5, 5.41) is 7.18. The van der Waals surface area contributed by atoms with Crippen molar-refractivity contribution < 1.29 is 8.42 Å². The Bertz CT molecular complexity index is 649. The molecule has 0 saturated carbocycles. The van der Waals surface area contributed by atoms with E-state index in [0.29, 0.717) is 12.4 Å². The van der Waals surface area contributed by atoms with Crippen molar-refractivity contribution in [2.24, 2.45) is 7.05 Å². The van der Waals surface area contributed by atoms with Crippen LogP contribution in [-0.4, -0.2) is 29.4 Å². The lowest BCUT2D eigenvalue weighted by Gasteiger charge is -2.07. The number of rotatable bonds is 4. The molecule has 0 radical (unpaired) electrons. The molecule has 1 N–H and O–H groups in total. The second kappa shape index (κ2) is 4.77. The van der Waals surface area contributed by atoms with Crippen molar-refractivity contribution in [2.45, 2.75) is 11.4 Å². The van der Waals surface area contributed by atoms with Crippen LogP contribution in [0.4, 0.5) is 5.82 Å². The molecule has 18 heavy (non-hydrogen) atoms. The molecule has 0 aromatic carbocycles. The van der Waals surface area contributed by atoms with Crippen LogP contribution < -0.4 is 5.32 Å². The average molecular weight is 266 g/mol. The van der Waals surface area contributed by atoms with E-state index in [2.05, 4.69) is 15.4 Å². The zero-order valence-corrected chi connectivity index (χ0v) is 11.0. The van der Waals surface area contributed by atoms with E-state index in [9.17, 15) is 8.42 Å². The fraction of sp³-hybridized carbons (Fsp3) is 0.273.